The first kappa shape index (κ1) is 34.7. The molecule has 0 N–H and O–H groups in total. The fourth-order valence-corrected chi connectivity index (χ4v) is 10.4. The molecule has 8 aromatic carbocycles. The van der Waals surface area contributed by atoms with Crippen LogP contribution in [0.3, 0.4) is 0 Å². The van der Waals surface area contributed by atoms with Gasteiger partial charge in [-0.15, -0.1) is 11.3 Å². The van der Waals surface area contributed by atoms with Crippen LogP contribution in [0.4, 0.5) is 0 Å². The minimum atomic E-state index is 0.349. The second-order valence-corrected chi connectivity index (χ2v) is 16.2. The zero-order valence-electron chi connectivity index (χ0n) is 32.4. The van der Waals surface area contributed by atoms with Crippen LogP contribution in [0.15, 0.2) is 182 Å². The van der Waals surface area contributed by atoms with E-state index in [0.29, 0.717) is 33.9 Å². The van der Waals surface area contributed by atoms with E-state index in [0.717, 1.165) is 76.2 Å². The van der Waals surface area contributed by atoms with E-state index in [4.69, 9.17) is 9.97 Å². The van der Waals surface area contributed by atoms with Gasteiger partial charge in [-0.25, -0.2) is 9.97 Å². The molecule has 12 aromatic rings. The lowest BCUT2D eigenvalue weighted by Gasteiger charge is -2.15. The second-order valence-electron chi connectivity index (χ2n) is 15.1. The first-order valence-corrected chi connectivity index (χ1v) is 20.9. The van der Waals surface area contributed by atoms with E-state index in [-0.39, 0.29) is 0 Å². The Labute approximate surface area is 353 Å². The van der Waals surface area contributed by atoms with Crippen molar-refractivity contribution in [3.63, 3.8) is 0 Å². The van der Waals surface area contributed by atoms with E-state index in [2.05, 4.69) is 137 Å². The van der Waals surface area contributed by atoms with Crippen LogP contribution in [-0.4, -0.2) is 19.1 Å². The summed E-state index contributed by atoms with van der Waals surface area (Å²) in [5, 5.41) is 28.7. The Balaban J connectivity index is 1.13. The molecule has 0 spiro atoms. The Kier molecular flexibility index (Phi) is 7.73. The SMILES string of the molecule is N#Cc1cc(-c2nc(-c3cccc4c3sc3ccccc34)nc(-c3ccccc3)c2C#N)ccc1-n1c2ccccc2c2ccc3c(c4ccccc4n3-c3ccccc3)c21. The van der Waals surface area contributed by atoms with Gasteiger partial charge in [-0.05, 0) is 54.6 Å². The predicted octanol–water partition coefficient (Wildman–Crippen LogP) is 13.8. The summed E-state index contributed by atoms with van der Waals surface area (Å²) in [5.41, 5.74) is 10.2. The number of hydrogen-bond donors (Lipinski definition) is 0. The summed E-state index contributed by atoms with van der Waals surface area (Å²) in [6.45, 7) is 0. The number of hydrogen-bond acceptors (Lipinski definition) is 5. The maximum Gasteiger partial charge on any atom is 0.161 e. The van der Waals surface area contributed by atoms with Gasteiger partial charge >= 0.3 is 0 Å². The first-order chi connectivity index (χ1) is 30.2. The third kappa shape index (κ3) is 5.19. The van der Waals surface area contributed by atoms with E-state index in [9.17, 15) is 10.5 Å². The fraction of sp³-hybridized carbons (Fsp3) is 0. The molecule has 12 rings (SSSR count). The summed E-state index contributed by atoms with van der Waals surface area (Å²) >= 11 is 1.71. The number of para-hydroxylation sites is 3. The summed E-state index contributed by atoms with van der Waals surface area (Å²) in [6.07, 6.45) is 0. The molecule has 0 atom stereocenters. The van der Waals surface area contributed by atoms with Gasteiger partial charge in [0.2, 0.25) is 0 Å². The maximum absolute atomic E-state index is 11.1. The van der Waals surface area contributed by atoms with Gasteiger partial charge in [0.25, 0.3) is 0 Å². The van der Waals surface area contributed by atoms with Gasteiger partial charge in [-0.2, -0.15) is 10.5 Å². The third-order valence-corrected chi connectivity index (χ3v) is 13.0. The first-order valence-electron chi connectivity index (χ1n) is 20.0. The standard InChI is InChI=1S/C54H30N6S/c55-31-35-30-34(51-43(32-56)50(33-14-3-1-4-15-33)57-54(58-51)42-22-13-21-40-38-19-9-12-25-48(38)61-53(40)42)26-28-44(35)60-45-23-10-7-18-37(45)39-27-29-47-49(52(39)60)41-20-8-11-24-46(41)59(47)36-16-5-2-6-17-36/h1-30H. The Hall–Kier alpha value is -8.36. The Morgan fingerprint density at radius 2 is 1.13 bits per heavy atom. The molecule has 0 aliphatic heterocycles. The summed E-state index contributed by atoms with van der Waals surface area (Å²) in [4.78, 5) is 10.4. The minimum Gasteiger partial charge on any atom is -0.309 e. The Morgan fingerprint density at radius 1 is 0.475 bits per heavy atom. The van der Waals surface area contributed by atoms with Crippen molar-refractivity contribution in [2.45, 2.75) is 0 Å². The number of fused-ring (bicyclic) bond motifs is 10. The summed E-state index contributed by atoms with van der Waals surface area (Å²) in [6, 6.07) is 67.1. The van der Waals surface area contributed by atoms with Gasteiger partial charge in [-0.1, -0.05) is 127 Å². The molecule has 0 saturated heterocycles. The van der Waals surface area contributed by atoms with Crippen molar-refractivity contribution in [2.75, 3.05) is 0 Å². The van der Waals surface area contributed by atoms with E-state index in [1.807, 2.05) is 66.7 Å². The van der Waals surface area contributed by atoms with E-state index < -0.39 is 0 Å². The van der Waals surface area contributed by atoms with E-state index >= 15 is 0 Å². The zero-order valence-corrected chi connectivity index (χ0v) is 33.2. The number of thiophene rings is 1. The normalized spacial score (nSPS) is 11.6. The molecular formula is C54H30N6S. The predicted molar refractivity (Wildman–Crippen MR) is 249 cm³/mol. The molecule has 7 heteroatoms. The van der Waals surface area contributed by atoms with Crippen LogP contribution in [0.2, 0.25) is 0 Å². The molecule has 0 radical (unpaired) electrons. The van der Waals surface area contributed by atoms with Crippen molar-refractivity contribution in [3.8, 4) is 57.4 Å². The molecule has 6 nitrogen and oxygen atoms in total. The highest BCUT2D eigenvalue weighted by Crippen LogP contribution is 2.44. The van der Waals surface area contributed by atoms with Gasteiger partial charge in [0.1, 0.15) is 17.7 Å². The molecule has 0 bridgehead atoms. The quantitative estimate of drug-likeness (QED) is 0.174. The fourth-order valence-electron chi connectivity index (χ4n) is 9.21. The lowest BCUT2D eigenvalue weighted by molar-refractivity contribution is 1.16. The van der Waals surface area contributed by atoms with E-state index in [1.54, 1.807) is 11.3 Å². The highest BCUT2D eigenvalue weighted by molar-refractivity contribution is 7.26. The lowest BCUT2D eigenvalue weighted by atomic mass is 9.98. The molecule has 61 heavy (non-hydrogen) atoms. The van der Waals surface area contributed by atoms with Gasteiger partial charge in [0.05, 0.1) is 44.7 Å². The molecule has 0 saturated carbocycles. The molecule has 0 aliphatic carbocycles. The highest BCUT2D eigenvalue weighted by atomic mass is 32.1. The highest BCUT2D eigenvalue weighted by Gasteiger charge is 2.24. The van der Waals surface area contributed by atoms with Crippen LogP contribution in [0.1, 0.15) is 11.1 Å². The van der Waals surface area contributed by atoms with Crippen molar-refractivity contribution >= 4 is 75.1 Å². The second kappa shape index (κ2) is 13.6. The number of nitrogens with zero attached hydrogens (tertiary/aromatic N) is 6. The topological polar surface area (TPSA) is 83.2 Å². The van der Waals surface area contributed by atoms with Gasteiger partial charge < -0.3 is 9.13 Å². The van der Waals surface area contributed by atoms with Gasteiger partial charge in [0, 0.05) is 64.1 Å². The number of nitriles is 2. The molecule has 0 fully saturated rings. The van der Waals surface area contributed by atoms with Crippen LogP contribution in [0.25, 0.3) is 109 Å². The van der Waals surface area contributed by atoms with Crippen LogP contribution >= 0.6 is 11.3 Å². The number of aromatic nitrogens is 4. The number of benzene rings is 8. The average molecular weight is 795 g/mol. The zero-order chi connectivity index (χ0) is 40.6. The van der Waals surface area contributed by atoms with Crippen molar-refractivity contribution in [2.24, 2.45) is 0 Å². The summed E-state index contributed by atoms with van der Waals surface area (Å²) in [5.74, 6) is 0.521. The van der Waals surface area contributed by atoms with Crippen LogP contribution in [0, 0.1) is 22.7 Å². The summed E-state index contributed by atoms with van der Waals surface area (Å²) in [7, 11) is 0. The average Bonchev–Trinajstić information content (AvgIpc) is 3.99. The van der Waals surface area contributed by atoms with E-state index in [1.165, 1.54) is 10.1 Å². The van der Waals surface area contributed by atoms with Crippen molar-refractivity contribution in [3.05, 3.63) is 193 Å². The van der Waals surface area contributed by atoms with Crippen LogP contribution in [0.5, 0.6) is 0 Å². The monoisotopic (exact) mass is 794 g/mol. The molecule has 282 valence electrons. The van der Waals surface area contributed by atoms with Crippen LogP contribution in [-0.2, 0) is 0 Å². The molecule has 4 heterocycles. The molecule has 0 aliphatic rings. The van der Waals surface area contributed by atoms with Crippen molar-refractivity contribution in [1.29, 1.82) is 10.5 Å². The molecule has 4 aromatic heterocycles. The largest absolute Gasteiger partial charge is 0.309 e. The smallest absolute Gasteiger partial charge is 0.161 e. The molecule has 0 unspecified atom stereocenters. The maximum atomic E-state index is 11.1. The van der Waals surface area contributed by atoms with Crippen molar-refractivity contribution in [1.82, 2.24) is 19.1 Å². The van der Waals surface area contributed by atoms with Crippen LogP contribution < -0.4 is 0 Å². The third-order valence-electron chi connectivity index (χ3n) is 11.8. The Bertz CT molecular complexity index is 3840. The van der Waals surface area contributed by atoms with Gasteiger partial charge in [0.15, 0.2) is 5.82 Å². The van der Waals surface area contributed by atoms with Gasteiger partial charge in [-0.3, -0.25) is 0 Å². The molecule has 0 amide bonds. The van der Waals surface area contributed by atoms with Crippen molar-refractivity contribution < 1.29 is 0 Å². The number of rotatable bonds is 5. The Morgan fingerprint density at radius 3 is 1.90 bits per heavy atom. The molecular weight excluding hydrogens is 765 g/mol. The summed E-state index contributed by atoms with van der Waals surface area (Å²) < 4.78 is 6.83. The minimum absolute atomic E-state index is 0.349. The lowest BCUT2D eigenvalue weighted by Crippen LogP contribution is -2.03.